The van der Waals surface area contributed by atoms with Gasteiger partial charge in [0.1, 0.15) is 11.4 Å². The molecule has 1 fully saturated rings. The molecule has 4 rings (SSSR count). The van der Waals surface area contributed by atoms with Crippen molar-refractivity contribution in [3.8, 4) is 11.3 Å². The molecule has 9 nitrogen and oxygen atoms in total. The van der Waals surface area contributed by atoms with Gasteiger partial charge in [-0.2, -0.15) is 13.2 Å². The van der Waals surface area contributed by atoms with Crippen LogP contribution >= 0.6 is 11.3 Å². The Morgan fingerprint density at radius 3 is 2.75 bits per heavy atom. The molecule has 0 aliphatic carbocycles. The summed E-state index contributed by atoms with van der Waals surface area (Å²) in [5, 5.41) is 8.06. The summed E-state index contributed by atoms with van der Waals surface area (Å²) in [6.07, 6.45) is -1.52. The number of carbonyl (C=O) groups excluding carboxylic acids is 1. The van der Waals surface area contributed by atoms with E-state index in [0.717, 1.165) is 12.5 Å². The first-order valence-electron chi connectivity index (χ1n) is 9.83. The SMILES string of the molecule is CC(C)(C)OC(=O)NC1CCN(c2nn3cc(-c4cnc(N)c(C(F)(F)F)c4)nc3s2)C1. The van der Waals surface area contributed by atoms with E-state index in [0.29, 0.717) is 28.9 Å². The minimum absolute atomic E-state index is 0.0710. The molecule has 172 valence electrons. The van der Waals surface area contributed by atoms with Crippen molar-refractivity contribution in [3.63, 3.8) is 0 Å². The molecule has 1 aliphatic rings. The molecular weight excluding hydrogens is 447 g/mol. The van der Waals surface area contributed by atoms with E-state index >= 15 is 0 Å². The van der Waals surface area contributed by atoms with Crippen molar-refractivity contribution in [2.45, 2.75) is 45.0 Å². The van der Waals surface area contributed by atoms with Crippen LogP contribution in [-0.2, 0) is 10.9 Å². The number of alkyl halides is 3. The van der Waals surface area contributed by atoms with Gasteiger partial charge in [0.05, 0.1) is 23.5 Å². The number of hydrogen-bond acceptors (Lipinski definition) is 8. The van der Waals surface area contributed by atoms with Gasteiger partial charge in [0, 0.05) is 24.8 Å². The number of ether oxygens (including phenoxy) is 1. The van der Waals surface area contributed by atoms with Gasteiger partial charge in [0.25, 0.3) is 0 Å². The number of carbonyl (C=O) groups is 1. The number of alkyl carbamates (subject to hydrolysis) is 1. The van der Waals surface area contributed by atoms with Crippen LogP contribution in [0.5, 0.6) is 0 Å². The zero-order valence-electron chi connectivity index (χ0n) is 17.6. The average Bonchev–Trinajstić information content (AvgIpc) is 3.33. The number of nitrogen functional groups attached to an aromatic ring is 1. The summed E-state index contributed by atoms with van der Waals surface area (Å²) < 4.78 is 46.1. The van der Waals surface area contributed by atoms with Gasteiger partial charge in [-0.1, -0.05) is 11.3 Å². The molecule has 13 heteroatoms. The lowest BCUT2D eigenvalue weighted by atomic mass is 10.1. The van der Waals surface area contributed by atoms with Crippen molar-refractivity contribution in [3.05, 3.63) is 24.0 Å². The Bertz CT molecular complexity index is 1120. The minimum Gasteiger partial charge on any atom is -0.444 e. The van der Waals surface area contributed by atoms with E-state index in [9.17, 15) is 18.0 Å². The molecule has 0 saturated carbocycles. The molecule has 32 heavy (non-hydrogen) atoms. The number of halogens is 3. The van der Waals surface area contributed by atoms with Crippen LogP contribution in [0, 0.1) is 0 Å². The average molecular weight is 469 g/mol. The molecule has 0 bridgehead atoms. The molecule has 4 heterocycles. The van der Waals surface area contributed by atoms with Crippen LogP contribution in [0.4, 0.5) is 28.9 Å². The van der Waals surface area contributed by atoms with Crippen molar-refractivity contribution in [1.82, 2.24) is 24.9 Å². The van der Waals surface area contributed by atoms with Crippen LogP contribution in [-0.4, -0.2) is 50.4 Å². The fourth-order valence-corrected chi connectivity index (χ4v) is 4.24. The zero-order valence-corrected chi connectivity index (χ0v) is 18.4. The summed E-state index contributed by atoms with van der Waals surface area (Å²) in [6, 6.07) is 0.863. The number of nitrogens with zero attached hydrogens (tertiary/aromatic N) is 5. The third-order valence-corrected chi connectivity index (χ3v) is 5.72. The molecule has 1 saturated heterocycles. The van der Waals surface area contributed by atoms with Gasteiger partial charge in [0.2, 0.25) is 10.1 Å². The zero-order chi connectivity index (χ0) is 23.3. The van der Waals surface area contributed by atoms with E-state index in [1.54, 1.807) is 27.0 Å². The van der Waals surface area contributed by atoms with Crippen molar-refractivity contribution in [2.24, 2.45) is 0 Å². The van der Waals surface area contributed by atoms with Crippen molar-refractivity contribution in [2.75, 3.05) is 23.7 Å². The lowest BCUT2D eigenvalue weighted by Crippen LogP contribution is -2.40. The van der Waals surface area contributed by atoms with Gasteiger partial charge in [-0.15, -0.1) is 5.10 Å². The molecule has 3 aromatic rings. The van der Waals surface area contributed by atoms with E-state index in [1.165, 1.54) is 22.0 Å². The third-order valence-electron chi connectivity index (χ3n) is 4.73. The molecule has 3 aromatic heterocycles. The monoisotopic (exact) mass is 469 g/mol. The molecule has 1 amide bonds. The quantitative estimate of drug-likeness (QED) is 0.603. The first kappa shape index (κ1) is 22.1. The molecule has 0 spiro atoms. The molecule has 0 aromatic carbocycles. The fraction of sp³-hybridized carbons (Fsp3) is 0.474. The first-order valence-corrected chi connectivity index (χ1v) is 10.6. The minimum atomic E-state index is -4.60. The smallest absolute Gasteiger partial charge is 0.419 e. The summed E-state index contributed by atoms with van der Waals surface area (Å²) in [4.78, 5) is 22.6. The largest absolute Gasteiger partial charge is 0.444 e. The number of pyridine rings is 1. The maximum absolute atomic E-state index is 13.1. The molecule has 0 radical (unpaired) electrons. The molecular formula is C19H22F3N7O2S. The first-order chi connectivity index (χ1) is 14.9. The summed E-state index contributed by atoms with van der Waals surface area (Å²) in [7, 11) is 0. The van der Waals surface area contributed by atoms with Crippen LogP contribution in [0.25, 0.3) is 16.2 Å². The topological polar surface area (TPSA) is 111 Å². The number of hydrogen-bond donors (Lipinski definition) is 2. The van der Waals surface area contributed by atoms with Crippen LogP contribution < -0.4 is 16.0 Å². The number of fused-ring (bicyclic) bond motifs is 1. The van der Waals surface area contributed by atoms with Crippen LogP contribution in [0.3, 0.4) is 0 Å². The Morgan fingerprint density at radius 1 is 1.34 bits per heavy atom. The van der Waals surface area contributed by atoms with Gasteiger partial charge in [0.15, 0.2) is 0 Å². The molecule has 1 atom stereocenters. The number of nitrogens with two attached hydrogens (primary N) is 1. The molecule has 1 aliphatic heterocycles. The predicted molar refractivity (Wildman–Crippen MR) is 113 cm³/mol. The van der Waals surface area contributed by atoms with Crippen LogP contribution in [0.2, 0.25) is 0 Å². The summed E-state index contributed by atoms with van der Waals surface area (Å²) in [6.45, 7) is 6.67. The number of rotatable bonds is 3. The van der Waals surface area contributed by atoms with Crippen LogP contribution in [0.15, 0.2) is 18.5 Å². The Kier molecular flexibility index (Phi) is 5.39. The summed E-state index contributed by atoms with van der Waals surface area (Å²) in [5.74, 6) is -0.578. The van der Waals surface area contributed by atoms with E-state index in [2.05, 4.69) is 20.4 Å². The number of amides is 1. The van der Waals surface area contributed by atoms with Crippen molar-refractivity contribution < 1.29 is 22.7 Å². The maximum Gasteiger partial charge on any atom is 0.419 e. The Hall–Kier alpha value is -3.09. The van der Waals surface area contributed by atoms with E-state index in [4.69, 9.17) is 10.5 Å². The van der Waals surface area contributed by atoms with Crippen LogP contribution in [0.1, 0.15) is 32.8 Å². The van der Waals surface area contributed by atoms with Crippen molar-refractivity contribution in [1.29, 1.82) is 0 Å². The Morgan fingerprint density at radius 2 is 2.09 bits per heavy atom. The normalized spacial score (nSPS) is 17.2. The predicted octanol–water partition coefficient (Wildman–Crippen LogP) is 3.56. The van der Waals surface area contributed by atoms with E-state index in [-0.39, 0.29) is 11.6 Å². The number of aromatic nitrogens is 4. The van der Waals surface area contributed by atoms with Gasteiger partial charge < -0.3 is 20.7 Å². The van der Waals surface area contributed by atoms with E-state index in [1.807, 2.05) is 4.90 Å². The van der Waals surface area contributed by atoms with Gasteiger partial charge in [-0.25, -0.2) is 19.3 Å². The highest BCUT2D eigenvalue weighted by Gasteiger charge is 2.34. The lowest BCUT2D eigenvalue weighted by Gasteiger charge is -2.21. The second kappa shape index (κ2) is 7.80. The van der Waals surface area contributed by atoms with Gasteiger partial charge in [-0.3, -0.25) is 0 Å². The standard InChI is InChI=1S/C19H22F3N7O2S/c1-18(2,3)31-17(30)25-11-4-5-28(8-11)16-27-29-9-13(26-15(29)32-16)10-6-12(19(20,21)22)14(23)24-7-10/h6-7,9,11H,4-5,8H2,1-3H3,(H2,23,24)(H,25,30). The highest BCUT2D eigenvalue weighted by molar-refractivity contribution is 7.20. The number of nitrogens with one attached hydrogen (secondary N) is 1. The lowest BCUT2D eigenvalue weighted by molar-refractivity contribution is -0.137. The second-order valence-electron chi connectivity index (χ2n) is 8.47. The maximum atomic E-state index is 13.1. The number of anilines is 2. The summed E-state index contributed by atoms with van der Waals surface area (Å²) >= 11 is 1.31. The van der Waals surface area contributed by atoms with Gasteiger partial charge in [-0.05, 0) is 33.3 Å². The highest BCUT2D eigenvalue weighted by Crippen LogP contribution is 2.35. The molecule has 3 N–H and O–H groups in total. The highest BCUT2D eigenvalue weighted by atomic mass is 32.1. The molecule has 1 unspecified atom stereocenters. The van der Waals surface area contributed by atoms with Gasteiger partial charge >= 0.3 is 12.3 Å². The fourth-order valence-electron chi connectivity index (χ4n) is 3.33. The third kappa shape index (κ3) is 4.71. The van der Waals surface area contributed by atoms with Crippen molar-refractivity contribution >= 4 is 33.3 Å². The number of imidazole rings is 1. The Balaban J connectivity index is 1.47. The summed E-state index contributed by atoms with van der Waals surface area (Å²) in [5.41, 5.74) is 4.32. The Labute approximate surface area is 185 Å². The van der Waals surface area contributed by atoms with E-state index < -0.39 is 29.3 Å². The second-order valence-corrected chi connectivity index (χ2v) is 9.40.